The van der Waals surface area contributed by atoms with Crippen LogP contribution in [0.2, 0.25) is 0 Å². The van der Waals surface area contributed by atoms with Gasteiger partial charge in [-0.25, -0.2) is 15.0 Å². The first-order valence-corrected chi connectivity index (χ1v) is 15.5. The molecule has 0 atom stereocenters. The molecular weight excluding hydrogens is 551 g/mol. The molecule has 0 aliphatic carbocycles. The predicted molar refractivity (Wildman–Crippen MR) is 176 cm³/mol. The maximum Gasteiger partial charge on any atom is 0.164 e. The van der Waals surface area contributed by atoms with Crippen LogP contribution in [-0.4, -0.2) is 15.0 Å². The second-order valence-electron chi connectivity index (χ2n) is 10.5. The Labute approximate surface area is 250 Å². The molecule has 0 unspecified atom stereocenters. The van der Waals surface area contributed by atoms with Gasteiger partial charge in [0.25, 0.3) is 0 Å². The summed E-state index contributed by atoms with van der Waals surface area (Å²) in [5, 5.41) is 5.51. The van der Waals surface area contributed by atoms with Crippen LogP contribution in [0.15, 0.2) is 137 Å². The quantitative estimate of drug-likeness (QED) is 0.211. The van der Waals surface area contributed by atoms with Crippen molar-refractivity contribution < 1.29 is 0 Å². The highest BCUT2D eigenvalue weighted by molar-refractivity contribution is 8.00. The number of benzene rings is 6. The van der Waals surface area contributed by atoms with Crippen molar-refractivity contribution in [2.45, 2.75) is 9.79 Å². The molecule has 1 aliphatic rings. The predicted octanol–water partition coefficient (Wildman–Crippen LogP) is 10.5. The molecule has 0 amide bonds. The third-order valence-electron chi connectivity index (χ3n) is 7.88. The Balaban J connectivity index is 1.20. The maximum atomic E-state index is 4.95. The third-order valence-corrected chi connectivity index (χ3v) is 10.1. The highest BCUT2D eigenvalue weighted by Crippen LogP contribution is 2.52. The van der Waals surface area contributed by atoms with E-state index in [1.165, 1.54) is 46.3 Å². The average Bonchev–Trinajstić information content (AvgIpc) is 3.45. The first-order chi connectivity index (χ1) is 20.8. The van der Waals surface area contributed by atoms with Gasteiger partial charge in [-0.2, -0.15) is 0 Å². The number of rotatable bonds is 4. The minimum Gasteiger partial charge on any atom is -0.208 e. The van der Waals surface area contributed by atoms with Crippen molar-refractivity contribution in [3.05, 3.63) is 127 Å². The molecule has 6 aromatic carbocycles. The number of nitrogens with zero attached hydrogens (tertiary/aromatic N) is 3. The molecule has 0 N–H and O–H groups in total. The Morgan fingerprint density at radius 1 is 0.381 bits per heavy atom. The highest BCUT2D eigenvalue weighted by atomic mass is 32.2. The highest BCUT2D eigenvalue weighted by Gasteiger charge is 2.22. The van der Waals surface area contributed by atoms with Crippen LogP contribution in [0, 0.1) is 0 Å². The van der Waals surface area contributed by atoms with Gasteiger partial charge in [0, 0.05) is 52.0 Å². The Hall–Kier alpha value is -4.84. The fourth-order valence-corrected chi connectivity index (χ4v) is 8.37. The Bertz CT molecular complexity index is 2270. The van der Waals surface area contributed by atoms with Gasteiger partial charge in [-0.1, -0.05) is 109 Å². The largest absolute Gasteiger partial charge is 0.208 e. The summed E-state index contributed by atoms with van der Waals surface area (Å²) in [6.07, 6.45) is 0. The molecule has 8 aromatic rings. The minimum absolute atomic E-state index is 0.666. The minimum atomic E-state index is 0.666. The van der Waals surface area contributed by atoms with Gasteiger partial charge >= 0.3 is 0 Å². The second kappa shape index (κ2) is 9.35. The van der Waals surface area contributed by atoms with Crippen molar-refractivity contribution in [2.75, 3.05) is 0 Å². The van der Waals surface area contributed by atoms with Gasteiger partial charge in [-0.05, 0) is 46.8 Å². The standard InChI is InChI=1S/C37H21N3S2/c1-3-9-23(10-4-1)35-38-36(24-11-5-2-6-12-24)40-37(39-35)26-15-7-14-25(19-26)27-20-30-33-31(21-27)42-29-18-17-22-13-8-16-28(41-30)32(22)34(29)33/h1-21H. The van der Waals surface area contributed by atoms with E-state index in [2.05, 4.69) is 66.7 Å². The Morgan fingerprint density at radius 3 is 1.76 bits per heavy atom. The van der Waals surface area contributed by atoms with E-state index in [-0.39, 0.29) is 0 Å². The van der Waals surface area contributed by atoms with E-state index in [0.717, 1.165) is 22.3 Å². The molecule has 196 valence electrons. The number of thiophene rings is 1. The Morgan fingerprint density at radius 2 is 1.02 bits per heavy atom. The van der Waals surface area contributed by atoms with Gasteiger partial charge in [-0.15, -0.1) is 11.3 Å². The van der Waals surface area contributed by atoms with Gasteiger partial charge in [0.05, 0.1) is 0 Å². The van der Waals surface area contributed by atoms with Crippen LogP contribution in [0.1, 0.15) is 0 Å². The van der Waals surface area contributed by atoms with Crippen molar-refractivity contribution in [1.82, 2.24) is 15.0 Å². The molecule has 3 heterocycles. The monoisotopic (exact) mass is 571 g/mol. The first kappa shape index (κ1) is 23.8. The first-order valence-electron chi connectivity index (χ1n) is 13.9. The summed E-state index contributed by atoms with van der Waals surface area (Å²) in [5.74, 6) is 2.00. The average molecular weight is 572 g/mol. The third kappa shape index (κ3) is 3.78. The number of hydrogen-bond acceptors (Lipinski definition) is 5. The molecule has 0 fully saturated rings. The van der Waals surface area contributed by atoms with Crippen molar-refractivity contribution >= 4 is 54.0 Å². The summed E-state index contributed by atoms with van der Waals surface area (Å²) in [7, 11) is 0. The molecule has 1 aliphatic heterocycles. The van der Waals surface area contributed by atoms with Crippen LogP contribution in [0.5, 0.6) is 0 Å². The van der Waals surface area contributed by atoms with E-state index in [1.54, 1.807) is 0 Å². The molecule has 3 nitrogen and oxygen atoms in total. The lowest BCUT2D eigenvalue weighted by Crippen LogP contribution is -2.00. The summed E-state index contributed by atoms with van der Waals surface area (Å²) >= 11 is 3.77. The summed E-state index contributed by atoms with van der Waals surface area (Å²) < 4.78 is 2.68. The molecule has 0 radical (unpaired) electrons. The zero-order valence-electron chi connectivity index (χ0n) is 22.3. The molecule has 9 rings (SSSR count). The van der Waals surface area contributed by atoms with Crippen LogP contribution in [0.25, 0.3) is 76.2 Å². The smallest absolute Gasteiger partial charge is 0.164 e. The van der Waals surface area contributed by atoms with Crippen LogP contribution in [0.3, 0.4) is 0 Å². The second-order valence-corrected chi connectivity index (χ2v) is 12.6. The van der Waals surface area contributed by atoms with Crippen molar-refractivity contribution in [3.63, 3.8) is 0 Å². The molecule has 5 heteroatoms. The lowest BCUT2D eigenvalue weighted by atomic mass is 9.99. The van der Waals surface area contributed by atoms with Crippen LogP contribution in [-0.2, 0) is 0 Å². The summed E-state index contributed by atoms with van der Waals surface area (Å²) in [6, 6.07) is 44.7. The van der Waals surface area contributed by atoms with Gasteiger partial charge in [0.2, 0.25) is 0 Å². The molecule has 0 bridgehead atoms. The zero-order valence-corrected chi connectivity index (χ0v) is 23.9. The van der Waals surface area contributed by atoms with E-state index < -0.39 is 0 Å². The van der Waals surface area contributed by atoms with E-state index in [4.69, 9.17) is 15.0 Å². The summed E-state index contributed by atoms with van der Waals surface area (Å²) in [5.41, 5.74) is 5.25. The van der Waals surface area contributed by atoms with Crippen LogP contribution in [0.4, 0.5) is 0 Å². The zero-order chi connectivity index (χ0) is 27.6. The normalized spacial score (nSPS) is 12.2. The fourth-order valence-electron chi connectivity index (χ4n) is 5.92. The van der Waals surface area contributed by atoms with Crippen LogP contribution >= 0.6 is 23.1 Å². The van der Waals surface area contributed by atoms with Crippen molar-refractivity contribution in [3.8, 4) is 45.3 Å². The Kier molecular flexibility index (Phi) is 5.30. The fraction of sp³-hybridized carbons (Fsp3) is 0. The lowest BCUT2D eigenvalue weighted by Gasteiger charge is -2.16. The maximum absolute atomic E-state index is 4.95. The van der Waals surface area contributed by atoms with Crippen LogP contribution < -0.4 is 0 Å². The molecule has 2 aromatic heterocycles. The van der Waals surface area contributed by atoms with Crippen molar-refractivity contribution in [1.29, 1.82) is 0 Å². The lowest BCUT2D eigenvalue weighted by molar-refractivity contribution is 1.07. The molecule has 0 spiro atoms. The molecule has 42 heavy (non-hydrogen) atoms. The van der Waals surface area contributed by atoms with Gasteiger partial charge in [-0.3, -0.25) is 0 Å². The van der Waals surface area contributed by atoms with Gasteiger partial charge in [0.1, 0.15) is 0 Å². The molecule has 0 saturated heterocycles. The topological polar surface area (TPSA) is 38.7 Å². The SMILES string of the molecule is c1ccc(-c2nc(-c3ccccc3)nc(-c3cccc(-c4cc5c6c(c4)sc4ccc7cccc(c7c46)S5)c3)n2)cc1. The number of aromatic nitrogens is 3. The van der Waals surface area contributed by atoms with E-state index in [1.807, 2.05) is 83.8 Å². The van der Waals surface area contributed by atoms with Gasteiger partial charge < -0.3 is 0 Å². The van der Waals surface area contributed by atoms with E-state index in [9.17, 15) is 0 Å². The molecular formula is C37H21N3S2. The van der Waals surface area contributed by atoms with Crippen molar-refractivity contribution in [2.24, 2.45) is 0 Å². The van der Waals surface area contributed by atoms with E-state index >= 15 is 0 Å². The molecule has 0 saturated carbocycles. The summed E-state index contributed by atoms with van der Waals surface area (Å²) in [6.45, 7) is 0. The van der Waals surface area contributed by atoms with Gasteiger partial charge in [0.15, 0.2) is 17.5 Å². The number of hydrogen-bond donors (Lipinski definition) is 0. The van der Waals surface area contributed by atoms with E-state index in [0.29, 0.717) is 17.5 Å². The summed E-state index contributed by atoms with van der Waals surface area (Å²) in [4.78, 5) is 17.4.